The van der Waals surface area contributed by atoms with Crippen LogP contribution in [0.25, 0.3) is 0 Å². The lowest BCUT2D eigenvalue weighted by Crippen LogP contribution is -2.43. The number of piperazine rings is 1. The second kappa shape index (κ2) is 9.99. The molecule has 0 spiro atoms. The Labute approximate surface area is 160 Å². The first-order valence-electron chi connectivity index (χ1n) is 8.59. The lowest BCUT2D eigenvalue weighted by Gasteiger charge is -2.29. The van der Waals surface area contributed by atoms with Crippen molar-refractivity contribution in [2.75, 3.05) is 43.5 Å². The summed E-state index contributed by atoms with van der Waals surface area (Å²) in [5, 5.41) is 6.19. The van der Waals surface area contributed by atoms with Crippen molar-refractivity contribution < 1.29 is 9.53 Å². The number of carbonyl (C=O) groups is 1. The van der Waals surface area contributed by atoms with E-state index in [4.69, 9.17) is 4.74 Å². The number of rotatable bonds is 6. The number of hydrogen-bond acceptors (Lipinski definition) is 5. The fraction of sp³-hybridized carbons (Fsp3) is 0.368. The molecule has 6 nitrogen and oxygen atoms in total. The molecular weight excluding hydrogens is 352 g/mol. The number of aromatic nitrogens is 1. The van der Waals surface area contributed by atoms with E-state index in [1.165, 1.54) is 0 Å². The Morgan fingerprint density at radius 1 is 1.19 bits per heavy atom. The Kier molecular flexibility index (Phi) is 7.69. The van der Waals surface area contributed by atoms with Gasteiger partial charge in [-0.05, 0) is 36.2 Å². The second-order valence-corrected chi connectivity index (χ2v) is 6.03. The zero-order chi connectivity index (χ0) is 17.5. The molecule has 2 aromatic rings. The van der Waals surface area contributed by atoms with Crippen LogP contribution in [0.5, 0.6) is 5.75 Å². The van der Waals surface area contributed by atoms with Gasteiger partial charge in [0.1, 0.15) is 11.6 Å². The van der Waals surface area contributed by atoms with Gasteiger partial charge in [-0.25, -0.2) is 4.98 Å². The SMILES string of the molecule is COc1ccc(CCC(=O)Nc2ccc(N3CCNCC3)cn2)cc1.Cl. The fourth-order valence-corrected chi connectivity index (χ4v) is 2.83. The van der Waals surface area contributed by atoms with Crippen molar-refractivity contribution >= 4 is 29.8 Å². The van der Waals surface area contributed by atoms with Crippen LogP contribution in [0.3, 0.4) is 0 Å². The highest BCUT2D eigenvalue weighted by Crippen LogP contribution is 2.16. The van der Waals surface area contributed by atoms with Gasteiger partial charge < -0.3 is 20.3 Å². The molecule has 1 fully saturated rings. The Morgan fingerprint density at radius 3 is 2.54 bits per heavy atom. The molecule has 0 aliphatic carbocycles. The molecule has 3 rings (SSSR count). The molecule has 1 aromatic heterocycles. The van der Waals surface area contributed by atoms with E-state index in [0.717, 1.165) is 43.2 Å². The Hall–Kier alpha value is -2.31. The minimum Gasteiger partial charge on any atom is -0.497 e. The highest BCUT2D eigenvalue weighted by atomic mass is 35.5. The van der Waals surface area contributed by atoms with Gasteiger partial charge in [0.25, 0.3) is 0 Å². The van der Waals surface area contributed by atoms with E-state index >= 15 is 0 Å². The van der Waals surface area contributed by atoms with Gasteiger partial charge in [0.2, 0.25) is 5.91 Å². The quantitative estimate of drug-likeness (QED) is 0.810. The van der Waals surface area contributed by atoms with Crippen LogP contribution in [-0.2, 0) is 11.2 Å². The van der Waals surface area contributed by atoms with Gasteiger partial charge in [-0.2, -0.15) is 0 Å². The molecule has 140 valence electrons. The first kappa shape index (κ1) is 20.0. The summed E-state index contributed by atoms with van der Waals surface area (Å²) in [5.74, 6) is 1.39. The molecule has 1 saturated heterocycles. The van der Waals surface area contributed by atoms with Crippen molar-refractivity contribution in [3.63, 3.8) is 0 Å². The maximum atomic E-state index is 12.1. The van der Waals surface area contributed by atoms with Gasteiger partial charge in [0.05, 0.1) is 19.0 Å². The number of carbonyl (C=O) groups excluding carboxylic acids is 1. The Morgan fingerprint density at radius 2 is 1.92 bits per heavy atom. The predicted octanol–water partition coefficient (Wildman–Crippen LogP) is 2.49. The van der Waals surface area contributed by atoms with Crippen LogP contribution in [-0.4, -0.2) is 44.2 Å². The lowest BCUT2D eigenvalue weighted by atomic mass is 10.1. The van der Waals surface area contributed by atoms with Crippen molar-refractivity contribution in [3.8, 4) is 5.75 Å². The van der Waals surface area contributed by atoms with Crippen LogP contribution in [0.1, 0.15) is 12.0 Å². The first-order valence-corrected chi connectivity index (χ1v) is 8.59. The molecule has 1 amide bonds. The minimum atomic E-state index is -0.0294. The van der Waals surface area contributed by atoms with Gasteiger partial charge in [-0.15, -0.1) is 12.4 Å². The molecule has 2 N–H and O–H groups in total. The van der Waals surface area contributed by atoms with Crippen molar-refractivity contribution in [1.29, 1.82) is 0 Å². The first-order chi connectivity index (χ1) is 12.2. The summed E-state index contributed by atoms with van der Waals surface area (Å²) < 4.78 is 5.13. The van der Waals surface area contributed by atoms with E-state index in [1.807, 2.05) is 42.6 Å². The number of methoxy groups -OCH3 is 1. The normalized spacial score (nSPS) is 13.7. The molecule has 1 aromatic carbocycles. The average Bonchev–Trinajstić information content (AvgIpc) is 2.68. The van der Waals surface area contributed by atoms with Crippen molar-refractivity contribution in [3.05, 3.63) is 48.2 Å². The topological polar surface area (TPSA) is 66.5 Å². The number of aryl methyl sites for hydroxylation is 1. The van der Waals surface area contributed by atoms with E-state index < -0.39 is 0 Å². The third-order valence-corrected chi connectivity index (χ3v) is 4.30. The van der Waals surface area contributed by atoms with Crippen LogP contribution >= 0.6 is 12.4 Å². The predicted molar refractivity (Wildman–Crippen MR) is 107 cm³/mol. The standard InChI is InChI=1S/C19H24N4O2.ClH/c1-25-17-6-2-15(3-7-17)4-9-19(24)22-18-8-5-16(14-21-18)23-12-10-20-11-13-23;/h2-3,5-8,14,20H,4,9-13H2,1H3,(H,21,22,24);1H. The third-order valence-electron chi connectivity index (χ3n) is 4.30. The zero-order valence-electron chi connectivity index (χ0n) is 14.9. The summed E-state index contributed by atoms with van der Waals surface area (Å²) in [6.07, 6.45) is 2.94. The van der Waals surface area contributed by atoms with Gasteiger partial charge in [0.15, 0.2) is 0 Å². The smallest absolute Gasteiger partial charge is 0.225 e. The van der Waals surface area contributed by atoms with E-state index in [2.05, 4.69) is 20.5 Å². The summed E-state index contributed by atoms with van der Waals surface area (Å²) in [6, 6.07) is 11.6. The molecule has 2 heterocycles. The van der Waals surface area contributed by atoms with E-state index in [0.29, 0.717) is 18.7 Å². The molecule has 1 aliphatic heterocycles. The van der Waals surface area contributed by atoms with E-state index in [9.17, 15) is 4.79 Å². The van der Waals surface area contributed by atoms with Crippen LogP contribution in [0, 0.1) is 0 Å². The summed E-state index contributed by atoms with van der Waals surface area (Å²) in [4.78, 5) is 18.8. The number of pyridine rings is 1. The van der Waals surface area contributed by atoms with Gasteiger partial charge in [-0.3, -0.25) is 4.79 Å². The maximum absolute atomic E-state index is 12.1. The summed E-state index contributed by atoms with van der Waals surface area (Å²) in [6.45, 7) is 3.94. The number of anilines is 2. The number of nitrogens with one attached hydrogen (secondary N) is 2. The third kappa shape index (κ3) is 5.61. The molecule has 7 heteroatoms. The zero-order valence-corrected chi connectivity index (χ0v) is 15.7. The minimum absolute atomic E-state index is 0. The summed E-state index contributed by atoms with van der Waals surface area (Å²) >= 11 is 0. The molecule has 1 aliphatic rings. The van der Waals surface area contributed by atoms with Gasteiger partial charge in [0, 0.05) is 32.6 Å². The van der Waals surface area contributed by atoms with Gasteiger partial charge >= 0.3 is 0 Å². The van der Waals surface area contributed by atoms with Crippen molar-refractivity contribution in [1.82, 2.24) is 10.3 Å². The molecular formula is C19H25ClN4O2. The average molecular weight is 377 g/mol. The lowest BCUT2D eigenvalue weighted by molar-refractivity contribution is -0.116. The number of amides is 1. The maximum Gasteiger partial charge on any atom is 0.225 e. The number of benzene rings is 1. The monoisotopic (exact) mass is 376 g/mol. The Bertz CT molecular complexity index is 686. The second-order valence-electron chi connectivity index (χ2n) is 6.03. The fourth-order valence-electron chi connectivity index (χ4n) is 2.83. The number of halogens is 1. The highest BCUT2D eigenvalue weighted by Gasteiger charge is 2.11. The van der Waals surface area contributed by atoms with Crippen molar-refractivity contribution in [2.45, 2.75) is 12.8 Å². The van der Waals surface area contributed by atoms with Crippen LogP contribution < -0.4 is 20.3 Å². The van der Waals surface area contributed by atoms with Crippen LogP contribution in [0.15, 0.2) is 42.6 Å². The van der Waals surface area contributed by atoms with Crippen LogP contribution in [0.4, 0.5) is 11.5 Å². The molecule has 0 atom stereocenters. The number of hydrogen-bond donors (Lipinski definition) is 2. The largest absolute Gasteiger partial charge is 0.497 e. The molecule has 0 saturated carbocycles. The highest BCUT2D eigenvalue weighted by molar-refractivity contribution is 5.90. The van der Waals surface area contributed by atoms with Crippen LogP contribution in [0.2, 0.25) is 0 Å². The van der Waals surface area contributed by atoms with Gasteiger partial charge in [-0.1, -0.05) is 12.1 Å². The molecule has 0 bridgehead atoms. The van der Waals surface area contributed by atoms with E-state index in [-0.39, 0.29) is 18.3 Å². The number of nitrogens with zero attached hydrogens (tertiary/aromatic N) is 2. The summed E-state index contributed by atoms with van der Waals surface area (Å²) in [5.41, 5.74) is 2.20. The van der Waals surface area contributed by atoms with Crippen molar-refractivity contribution in [2.24, 2.45) is 0 Å². The Balaban J connectivity index is 0.00000243. The van der Waals surface area contributed by atoms with E-state index in [1.54, 1.807) is 7.11 Å². The molecule has 0 radical (unpaired) electrons. The summed E-state index contributed by atoms with van der Waals surface area (Å²) in [7, 11) is 1.64. The molecule has 0 unspecified atom stereocenters. The number of ether oxygens (including phenoxy) is 1. The molecule has 26 heavy (non-hydrogen) atoms.